The van der Waals surface area contributed by atoms with Crippen LogP contribution in [0.5, 0.6) is 11.5 Å². The van der Waals surface area contributed by atoms with E-state index in [-0.39, 0.29) is 11.7 Å². The molecule has 26 heavy (non-hydrogen) atoms. The van der Waals surface area contributed by atoms with Crippen molar-refractivity contribution in [3.8, 4) is 11.5 Å². The highest BCUT2D eigenvalue weighted by Crippen LogP contribution is 2.32. The number of aryl methyl sites for hydroxylation is 2. The van der Waals surface area contributed by atoms with Crippen LogP contribution in [0.4, 0.5) is 5.69 Å². The maximum atomic E-state index is 13.0. The molecule has 0 saturated heterocycles. The Kier molecular flexibility index (Phi) is 5.53. The maximum absolute atomic E-state index is 13.0. The number of anilines is 1. The number of halogens is 1. The van der Waals surface area contributed by atoms with Gasteiger partial charge in [-0.2, -0.15) is 0 Å². The number of methoxy groups -OCH3 is 1. The highest BCUT2D eigenvalue weighted by atomic mass is 79.9. The fraction of sp³-hybridized carbons (Fsp3) is 0.350. The normalized spacial score (nSPS) is 14.7. The van der Waals surface area contributed by atoms with Crippen LogP contribution in [-0.4, -0.2) is 30.7 Å². The molecule has 0 aromatic heterocycles. The summed E-state index contributed by atoms with van der Waals surface area (Å²) in [5.74, 6) is 0.901. The maximum Gasteiger partial charge on any atom is 0.244 e. The lowest BCUT2D eigenvalue weighted by atomic mass is 9.97. The second kappa shape index (κ2) is 7.68. The van der Waals surface area contributed by atoms with Gasteiger partial charge in [0.1, 0.15) is 11.5 Å². The molecule has 0 radical (unpaired) electrons. The highest BCUT2D eigenvalue weighted by molar-refractivity contribution is 9.10. The van der Waals surface area contributed by atoms with Crippen molar-refractivity contribution in [3.63, 3.8) is 0 Å². The Balaban J connectivity index is 1.82. The van der Waals surface area contributed by atoms with Crippen LogP contribution in [0.25, 0.3) is 0 Å². The molecular weight excluding hydrogens is 396 g/mol. The number of nitrogens with two attached hydrogens (primary N) is 1. The Hall–Kier alpha value is -2.05. The number of rotatable bonds is 4. The van der Waals surface area contributed by atoms with Crippen LogP contribution in [0.1, 0.15) is 23.1 Å². The van der Waals surface area contributed by atoms with E-state index < -0.39 is 6.04 Å². The molecule has 1 aliphatic heterocycles. The molecular formula is C20H23BrN2O3. The fourth-order valence-corrected chi connectivity index (χ4v) is 4.16. The van der Waals surface area contributed by atoms with Crippen molar-refractivity contribution >= 4 is 27.5 Å². The molecule has 2 aromatic carbocycles. The number of benzene rings is 2. The van der Waals surface area contributed by atoms with E-state index in [0.29, 0.717) is 13.0 Å². The standard InChI is InChI=1S/C20H23BrN2O3/c1-12-8-14(24)10-17(21)16(12)11-18(22)20(25)23-7-3-4-13-9-15(26-2)5-6-19(13)23/h5-6,8-10,18,24H,3-4,7,11,22H2,1-2H3/t18-/m1/s1. The third-order valence-corrected chi connectivity index (χ3v) is 5.52. The highest BCUT2D eigenvalue weighted by Gasteiger charge is 2.27. The summed E-state index contributed by atoms with van der Waals surface area (Å²) in [7, 11) is 1.64. The molecule has 1 atom stereocenters. The minimum absolute atomic E-state index is 0.0875. The summed E-state index contributed by atoms with van der Waals surface area (Å²) < 4.78 is 6.05. The number of amides is 1. The first-order chi connectivity index (χ1) is 12.4. The summed E-state index contributed by atoms with van der Waals surface area (Å²) >= 11 is 3.46. The molecule has 0 unspecified atom stereocenters. The second-order valence-electron chi connectivity index (χ2n) is 6.62. The number of aromatic hydroxyl groups is 1. The molecule has 1 amide bonds. The van der Waals surface area contributed by atoms with Gasteiger partial charge in [-0.3, -0.25) is 4.79 Å². The third kappa shape index (κ3) is 3.71. The summed E-state index contributed by atoms with van der Waals surface area (Å²) in [5, 5.41) is 9.67. The van der Waals surface area contributed by atoms with E-state index in [4.69, 9.17) is 10.5 Å². The van der Waals surface area contributed by atoms with E-state index in [9.17, 15) is 9.90 Å². The Morgan fingerprint density at radius 2 is 2.15 bits per heavy atom. The molecule has 0 fully saturated rings. The van der Waals surface area contributed by atoms with Gasteiger partial charge in [0, 0.05) is 16.7 Å². The van der Waals surface area contributed by atoms with Crippen molar-refractivity contribution in [1.29, 1.82) is 0 Å². The van der Waals surface area contributed by atoms with Gasteiger partial charge >= 0.3 is 0 Å². The Morgan fingerprint density at radius 3 is 2.85 bits per heavy atom. The van der Waals surface area contributed by atoms with E-state index in [1.54, 1.807) is 24.1 Å². The topological polar surface area (TPSA) is 75.8 Å². The summed E-state index contributed by atoms with van der Waals surface area (Å²) in [6, 6.07) is 8.45. The Labute approximate surface area is 161 Å². The molecule has 5 nitrogen and oxygen atoms in total. The summed E-state index contributed by atoms with van der Waals surface area (Å²) in [6.07, 6.45) is 2.24. The lowest BCUT2D eigenvalue weighted by Gasteiger charge is -2.32. The molecule has 0 bridgehead atoms. The Bertz CT molecular complexity index is 815. The summed E-state index contributed by atoms with van der Waals surface area (Å²) in [6.45, 7) is 2.57. The van der Waals surface area contributed by atoms with Crippen LogP contribution < -0.4 is 15.4 Å². The zero-order valence-corrected chi connectivity index (χ0v) is 16.5. The van der Waals surface area contributed by atoms with Gasteiger partial charge in [0.15, 0.2) is 0 Å². The number of carbonyl (C=O) groups is 1. The predicted molar refractivity (Wildman–Crippen MR) is 106 cm³/mol. The van der Waals surface area contributed by atoms with Gasteiger partial charge in [0.05, 0.1) is 13.2 Å². The van der Waals surface area contributed by atoms with Crippen LogP contribution in [0.2, 0.25) is 0 Å². The molecule has 0 saturated carbocycles. The minimum Gasteiger partial charge on any atom is -0.508 e. The van der Waals surface area contributed by atoms with Crippen molar-refractivity contribution in [2.45, 2.75) is 32.2 Å². The van der Waals surface area contributed by atoms with E-state index in [1.165, 1.54) is 0 Å². The molecule has 2 aromatic rings. The van der Waals surface area contributed by atoms with Crippen molar-refractivity contribution in [3.05, 3.63) is 51.5 Å². The van der Waals surface area contributed by atoms with Crippen LogP contribution >= 0.6 is 15.9 Å². The van der Waals surface area contributed by atoms with Gasteiger partial charge in [-0.15, -0.1) is 0 Å². The number of hydrogen-bond donors (Lipinski definition) is 2. The zero-order valence-electron chi connectivity index (χ0n) is 15.0. The van der Waals surface area contributed by atoms with E-state index >= 15 is 0 Å². The van der Waals surface area contributed by atoms with Crippen LogP contribution in [-0.2, 0) is 17.6 Å². The fourth-order valence-electron chi connectivity index (χ4n) is 3.45. The van der Waals surface area contributed by atoms with Crippen LogP contribution in [0, 0.1) is 6.92 Å². The van der Waals surface area contributed by atoms with Gasteiger partial charge in [-0.1, -0.05) is 15.9 Å². The molecule has 0 spiro atoms. The number of nitrogens with zero attached hydrogens (tertiary/aromatic N) is 1. The number of fused-ring (bicyclic) bond motifs is 1. The quantitative estimate of drug-likeness (QED) is 0.798. The predicted octanol–water partition coefficient (Wildman–Crippen LogP) is 3.32. The number of carbonyl (C=O) groups excluding carboxylic acids is 1. The molecule has 3 rings (SSSR count). The second-order valence-corrected chi connectivity index (χ2v) is 7.48. The minimum atomic E-state index is -0.650. The third-order valence-electron chi connectivity index (χ3n) is 4.82. The summed E-state index contributed by atoms with van der Waals surface area (Å²) in [5.41, 5.74) is 10.1. The lowest BCUT2D eigenvalue weighted by molar-refractivity contribution is -0.119. The Morgan fingerprint density at radius 1 is 1.38 bits per heavy atom. The summed E-state index contributed by atoms with van der Waals surface area (Å²) in [4.78, 5) is 14.8. The van der Waals surface area contributed by atoms with E-state index in [0.717, 1.165) is 45.4 Å². The molecule has 1 heterocycles. The van der Waals surface area contributed by atoms with Crippen molar-refractivity contribution in [1.82, 2.24) is 0 Å². The molecule has 0 aliphatic carbocycles. The SMILES string of the molecule is COc1ccc2c(c1)CCCN2C(=O)[C@H](N)Cc1c(C)cc(O)cc1Br. The number of phenols is 1. The van der Waals surface area contributed by atoms with Gasteiger partial charge in [-0.25, -0.2) is 0 Å². The van der Waals surface area contributed by atoms with Crippen molar-refractivity contribution in [2.24, 2.45) is 5.73 Å². The first-order valence-corrected chi connectivity index (χ1v) is 9.42. The average molecular weight is 419 g/mol. The smallest absolute Gasteiger partial charge is 0.244 e. The number of ether oxygens (including phenoxy) is 1. The zero-order chi connectivity index (χ0) is 18.8. The molecule has 6 heteroatoms. The molecule has 138 valence electrons. The van der Waals surface area contributed by atoms with Crippen LogP contribution in [0.3, 0.4) is 0 Å². The van der Waals surface area contributed by atoms with Gasteiger partial charge in [0.25, 0.3) is 0 Å². The van der Waals surface area contributed by atoms with Crippen LogP contribution in [0.15, 0.2) is 34.8 Å². The largest absolute Gasteiger partial charge is 0.508 e. The van der Waals surface area contributed by atoms with E-state index in [1.807, 2.05) is 25.1 Å². The average Bonchev–Trinajstić information content (AvgIpc) is 2.62. The van der Waals surface area contributed by atoms with E-state index in [2.05, 4.69) is 15.9 Å². The number of phenolic OH excluding ortho intramolecular Hbond substituents is 1. The lowest BCUT2D eigenvalue weighted by Crippen LogP contribution is -2.47. The monoisotopic (exact) mass is 418 g/mol. The van der Waals surface area contributed by atoms with Gasteiger partial charge in [0.2, 0.25) is 5.91 Å². The van der Waals surface area contributed by atoms with Gasteiger partial charge in [-0.05, 0) is 73.2 Å². The first kappa shape index (κ1) is 18.7. The van der Waals surface area contributed by atoms with Gasteiger partial charge < -0.3 is 20.5 Å². The molecule has 3 N–H and O–H groups in total. The molecule has 1 aliphatic rings. The first-order valence-electron chi connectivity index (χ1n) is 8.62. The van der Waals surface area contributed by atoms with Crippen molar-refractivity contribution < 1.29 is 14.6 Å². The van der Waals surface area contributed by atoms with Crippen molar-refractivity contribution in [2.75, 3.05) is 18.6 Å². The number of hydrogen-bond acceptors (Lipinski definition) is 4.